The first-order valence-corrected chi connectivity index (χ1v) is 8.38. The van der Waals surface area contributed by atoms with Gasteiger partial charge in [-0.1, -0.05) is 38.5 Å². The molecular formula is C16H32N2O. The van der Waals surface area contributed by atoms with Crippen molar-refractivity contribution in [3.05, 3.63) is 0 Å². The Kier molecular flexibility index (Phi) is 7.18. The molecule has 0 aromatic rings. The molecule has 1 saturated carbocycles. The van der Waals surface area contributed by atoms with Gasteiger partial charge < -0.3 is 10.1 Å². The summed E-state index contributed by atoms with van der Waals surface area (Å²) in [6, 6.07) is 0.615. The molecule has 2 fully saturated rings. The summed E-state index contributed by atoms with van der Waals surface area (Å²) < 4.78 is 5.39. The molecule has 0 amide bonds. The van der Waals surface area contributed by atoms with Crippen molar-refractivity contribution >= 4 is 0 Å². The molecule has 1 aliphatic heterocycles. The average Bonchev–Trinajstić information content (AvgIpc) is 2.68. The zero-order valence-corrected chi connectivity index (χ0v) is 12.7. The molecule has 0 spiro atoms. The van der Waals surface area contributed by atoms with Gasteiger partial charge in [0.15, 0.2) is 0 Å². The predicted molar refractivity (Wildman–Crippen MR) is 80.5 cm³/mol. The standard InChI is InChI=1S/C16H32N2O/c1-15(14-18-10-12-19-13-11-18)17-9-8-16-6-4-2-3-5-7-16/h15-17H,2-14H2,1H3. The van der Waals surface area contributed by atoms with E-state index in [9.17, 15) is 0 Å². The second-order valence-corrected chi connectivity index (χ2v) is 6.41. The maximum absolute atomic E-state index is 5.39. The summed E-state index contributed by atoms with van der Waals surface area (Å²) in [5.41, 5.74) is 0. The van der Waals surface area contributed by atoms with E-state index in [0.29, 0.717) is 6.04 Å². The summed E-state index contributed by atoms with van der Waals surface area (Å²) in [5.74, 6) is 0.991. The van der Waals surface area contributed by atoms with Gasteiger partial charge in [-0.3, -0.25) is 4.90 Å². The molecule has 1 atom stereocenters. The van der Waals surface area contributed by atoms with Crippen LogP contribution in [0.15, 0.2) is 0 Å². The van der Waals surface area contributed by atoms with Crippen LogP contribution in [-0.2, 0) is 4.74 Å². The largest absolute Gasteiger partial charge is 0.379 e. The van der Waals surface area contributed by atoms with Crippen LogP contribution in [0.1, 0.15) is 51.9 Å². The Morgan fingerprint density at radius 2 is 1.79 bits per heavy atom. The highest BCUT2D eigenvalue weighted by atomic mass is 16.5. The molecule has 112 valence electrons. The number of morpholine rings is 1. The maximum atomic E-state index is 5.39. The summed E-state index contributed by atoms with van der Waals surface area (Å²) >= 11 is 0. The number of hydrogen-bond donors (Lipinski definition) is 1. The van der Waals surface area contributed by atoms with E-state index < -0.39 is 0 Å². The molecule has 0 aromatic carbocycles. The van der Waals surface area contributed by atoms with Crippen molar-refractivity contribution in [2.75, 3.05) is 39.4 Å². The summed E-state index contributed by atoms with van der Waals surface area (Å²) in [4.78, 5) is 2.52. The van der Waals surface area contributed by atoms with E-state index in [1.807, 2.05) is 0 Å². The lowest BCUT2D eigenvalue weighted by molar-refractivity contribution is 0.0343. The smallest absolute Gasteiger partial charge is 0.0594 e. The molecule has 3 heteroatoms. The van der Waals surface area contributed by atoms with Gasteiger partial charge in [0.25, 0.3) is 0 Å². The van der Waals surface area contributed by atoms with Crippen molar-refractivity contribution in [1.29, 1.82) is 0 Å². The Bertz CT molecular complexity index is 221. The molecule has 1 aliphatic carbocycles. The molecule has 0 aromatic heterocycles. The first kappa shape index (κ1) is 15.3. The van der Waals surface area contributed by atoms with Crippen LogP contribution in [0.2, 0.25) is 0 Å². The van der Waals surface area contributed by atoms with Crippen LogP contribution in [0.5, 0.6) is 0 Å². The monoisotopic (exact) mass is 268 g/mol. The molecule has 1 saturated heterocycles. The predicted octanol–water partition coefficient (Wildman–Crippen LogP) is 2.66. The van der Waals surface area contributed by atoms with Gasteiger partial charge in [0.05, 0.1) is 13.2 Å². The molecule has 3 nitrogen and oxygen atoms in total. The molecule has 0 radical (unpaired) electrons. The van der Waals surface area contributed by atoms with Crippen LogP contribution >= 0.6 is 0 Å². The highest BCUT2D eigenvalue weighted by Crippen LogP contribution is 2.24. The number of rotatable bonds is 6. The number of nitrogens with zero attached hydrogens (tertiary/aromatic N) is 1. The third kappa shape index (κ3) is 6.24. The van der Waals surface area contributed by atoms with Crippen molar-refractivity contribution in [2.45, 2.75) is 57.9 Å². The fourth-order valence-corrected chi connectivity index (χ4v) is 3.42. The fraction of sp³-hybridized carbons (Fsp3) is 1.00. The van der Waals surface area contributed by atoms with Gasteiger partial charge in [0.1, 0.15) is 0 Å². The van der Waals surface area contributed by atoms with E-state index in [0.717, 1.165) is 32.2 Å². The van der Waals surface area contributed by atoms with Gasteiger partial charge in [0, 0.05) is 25.7 Å². The Balaban J connectivity index is 1.53. The van der Waals surface area contributed by atoms with Gasteiger partial charge in [-0.25, -0.2) is 0 Å². The van der Waals surface area contributed by atoms with Crippen molar-refractivity contribution in [2.24, 2.45) is 5.92 Å². The van der Waals surface area contributed by atoms with Gasteiger partial charge in [-0.05, 0) is 25.8 Å². The molecule has 2 rings (SSSR count). The van der Waals surface area contributed by atoms with Crippen LogP contribution in [0.25, 0.3) is 0 Å². The minimum atomic E-state index is 0.615. The Labute approximate surface area is 119 Å². The SMILES string of the molecule is CC(CN1CCOCC1)NCCC1CCCCCC1. The van der Waals surface area contributed by atoms with E-state index in [-0.39, 0.29) is 0 Å². The van der Waals surface area contributed by atoms with Gasteiger partial charge in [-0.2, -0.15) is 0 Å². The minimum Gasteiger partial charge on any atom is -0.379 e. The summed E-state index contributed by atoms with van der Waals surface area (Å²) in [6.07, 6.45) is 10.2. The molecule has 1 heterocycles. The van der Waals surface area contributed by atoms with Crippen LogP contribution < -0.4 is 5.32 Å². The molecule has 19 heavy (non-hydrogen) atoms. The summed E-state index contributed by atoms with van der Waals surface area (Å²) in [6.45, 7) is 8.74. The number of ether oxygens (including phenoxy) is 1. The first-order chi connectivity index (χ1) is 9.34. The quantitative estimate of drug-likeness (QED) is 0.750. The highest BCUT2D eigenvalue weighted by Gasteiger charge is 2.15. The third-order valence-electron chi connectivity index (χ3n) is 4.66. The summed E-state index contributed by atoms with van der Waals surface area (Å²) in [7, 11) is 0. The highest BCUT2D eigenvalue weighted by molar-refractivity contribution is 4.72. The lowest BCUT2D eigenvalue weighted by Gasteiger charge is -2.29. The Hall–Kier alpha value is -0.120. The van der Waals surface area contributed by atoms with Crippen LogP contribution in [-0.4, -0.2) is 50.3 Å². The normalized spacial score (nSPS) is 25.1. The number of nitrogens with one attached hydrogen (secondary N) is 1. The van der Waals surface area contributed by atoms with E-state index in [2.05, 4.69) is 17.1 Å². The fourth-order valence-electron chi connectivity index (χ4n) is 3.42. The number of hydrogen-bond acceptors (Lipinski definition) is 3. The van der Waals surface area contributed by atoms with Crippen LogP contribution in [0.3, 0.4) is 0 Å². The van der Waals surface area contributed by atoms with E-state index in [4.69, 9.17) is 4.74 Å². The van der Waals surface area contributed by atoms with Crippen LogP contribution in [0.4, 0.5) is 0 Å². The topological polar surface area (TPSA) is 24.5 Å². The Morgan fingerprint density at radius 3 is 2.47 bits per heavy atom. The Morgan fingerprint density at radius 1 is 1.11 bits per heavy atom. The minimum absolute atomic E-state index is 0.615. The van der Waals surface area contributed by atoms with E-state index in [1.165, 1.54) is 58.0 Å². The average molecular weight is 268 g/mol. The van der Waals surface area contributed by atoms with Crippen molar-refractivity contribution in [3.8, 4) is 0 Å². The lowest BCUT2D eigenvalue weighted by atomic mass is 9.96. The molecular weight excluding hydrogens is 236 g/mol. The van der Waals surface area contributed by atoms with Crippen molar-refractivity contribution in [3.63, 3.8) is 0 Å². The van der Waals surface area contributed by atoms with Crippen molar-refractivity contribution < 1.29 is 4.74 Å². The zero-order chi connectivity index (χ0) is 13.3. The molecule has 2 aliphatic rings. The van der Waals surface area contributed by atoms with Gasteiger partial charge in [-0.15, -0.1) is 0 Å². The molecule has 0 bridgehead atoms. The second kappa shape index (κ2) is 8.93. The van der Waals surface area contributed by atoms with Gasteiger partial charge >= 0.3 is 0 Å². The zero-order valence-electron chi connectivity index (χ0n) is 12.7. The lowest BCUT2D eigenvalue weighted by Crippen LogP contribution is -2.44. The van der Waals surface area contributed by atoms with Crippen molar-refractivity contribution in [1.82, 2.24) is 10.2 Å². The first-order valence-electron chi connectivity index (χ1n) is 8.38. The van der Waals surface area contributed by atoms with E-state index in [1.54, 1.807) is 0 Å². The van der Waals surface area contributed by atoms with Crippen LogP contribution in [0, 0.1) is 5.92 Å². The second-order valence-electron chi connectivity index (χ2n) is 6.41. The molecule has 1 N–H and O–H groups in total. The third-order valence-corrected chi connectivity index (χ3v) is 4.66. The van der Waals surface area contributed by atoms with Gasteiger partial charge in [0.2, 0.25) is 0 Å². The summed E-state index contributed by atoms with van der Waals surface area (Å²) in [5, 5.41) is 3.72. The maximum Gasteiger partial charge on any atom is 0.0594 e. The molecule has 1 unspecified atom stereocenters. The van der Waals surface area contributed by atoms with E-state index >= 15 is 0 Å².